The van der Waals surface area contributed by atoms with Crippen LogP contribution < -0.4 is 10.0 Å². The van der Waals surface area contributed by atoms with Crippen LogP contribution in [0.5, 0.6) is 0 Å². The molecule has 0 bridgehead atoms. The lowest BCUT2D eigenvalue weighted by molar-refractivity contribution is -0.123. The zero-order valence-corrected chi connectivity index (χ0v) is 15.8. The number of hydrogen-bond donors (Lipinski definition) is 2. The lowest BCUT2D eigenvalue weighted by atomic mass is 9.96. The topological polar surface area (TPSA) is 101 Å². The van der Waals surface area contributed by atoms with Crippen LogP contribution in [0.2, 0.25) is 0 Å². The van der Waals surface area contributed by atoms with Crippen LogP contribution >= 0.6 is 27.3 Å². The molecule has 23 heavy (non-hydrogen) atoms. The largest absolute Gasteiger partial charge is 0.300 e. The first-order chi connectivity index (χ1) is 10.6. The number of anilines is 2. The summed E-state index contributed by atoms with van der Waals surface area (Å²) < 4.78 is 27.4. The molecule has 0 aliphatic carbocycles. The Morgan fingerprint density at radius 1 is 1.22 bits per heavy atom. The molecule has 7 nitrogen and oxygen atoms in total. The number of nitrogens with zero attached hydrogens (tertiary/aromatic N) is 2. The van der Waals surface area contributed by atoms with E-state index in [1.807, 2.05) is 0 Å². The molecule has 1 amide bonds. The van der Waals surface area contributed by atoms with Gasteiger partial charge in [0.15, 0.2) is 0 Å². The molecule has 0 aliphatic rings. The molecule has 2 N–H and O–H groups in total. The third-order valence-electron chi connectivity index (χ3n) is 2.66. The second-order valence-electron chi connectivity index (χ2n) is 5.66. The Morgan fingerprint density at radius 3 is 2.48 bits per heavy atom. The van der Waals surface area contributed by atoms with E-state index in [2.05, 4.69) is 36.2 Å². The minimum Gasteiger partial charge on any atom is -0.300 e. The van der Waals surface area contributed by atoms with Crippen LogP contribution in [0.1, 0.15) is 20.8 Å². The number of para-hydroxylation sites is 1. The molecular formula is C13H15BrN4O3S2. The van der Waals surface area contributed by atoms with Gasteiger partial charge in [0.25, 0.3) is 14.4 Å². The summed E-state index contributed by atoms with van der Waals surface area (Å²) in [6.07, 6.45) is 0. The number of carbonyl (C=O) groups excluding carboxylic acids is 1. The first-order valence-electron chi connectivity index (χ1n) is 6.52. The maximum absolute atomic E-state index is 12.3. The quantitative estimate of drug-likeness (QED) is 0.742. The highest BCUT2D eigenvalue weighted by molar-refractivity contribution is 9.10. The predicted molar refractivity (Wildman–Crippen MR) is 92.9 cm³/mol. The van der Waals surface area contributed by atoms with Crippen molar-refractivity contribution >= 4 is 54.0 Å². The molecule has 0 saturated carbocycles. The minimum absolute atomic E-state index is 0.137. The van der Waals surface area contributed by atoms with Crippen LogP contribution in [0.25, 0.3) is 0 Å². The van der Waals surface area contributed by atoms with E-state index in [1.54, 1.807) is 45.0 Å². The summed E-state index contributed by atoms with van der Waals surface area (Å²) in [6, 6.07) is 6.81. The third kappa shape index (κ3) is 4.49. The van der Waals surface area contributed by atoms with Crippen LogP contribution in [-0.2, 0) is 14.8 Å². The number of hydrogen-bond acceptors (Lipinski definition) is 6. The van der Waals surface area contributed by atoms with Gasteiger partial charge in [0.2, 0.25) is 11.0 Å². The van der Waals surface area contributed by atoms with Crippen molar-refractivity contribution in [2.75, 3.05) is 10.0 Å². The Labute approximate surface area is 146 Å². The van der Waals surface area contributed by atoms with Gasteiger partial charge in [0, 0.05) is 9.89 Å². The maximum atomic E-state index is 12.3. The van der Waals surface area contributed by atoms with Gasteiger partial charge in [-0.2, -0.15) is 8.42 Å². The van der Waals surface area contributed by atoms with Gasteiger partial charge in [0.1, 0.15) is 0 Å². The third-order valence-corrected chi connectivity index (χ3v) is 5.92. The van der Waals surface area contributed by atoms with Crippen molar-refractivity contribution in [3.8, 4) is 0 Å². The van der Waals surface area contributed by atoms with Crippen molar-refractivity contribution in [3.05, 3.63) is 28.7 Å². The first kappa shape index (κ1) is 17.8. The first-order valence-corrected chi connectivity index (χ1v) is 9.61. The average molecular weight is 419 g/mol. The van der Waals surface area contributed by atoms with Crippen molar-refractivity contribution in [2.45, 2.75) is 25.1 Å². The number of carbonyl (C=O) groups is 1. The van der Waals surface area contributed by atoms with Gasteiger partial charge in [-0.1, -0.05) is 44.2 Å². The van der Waals surface area contributed by atoms with Gasteiger partial charge in [-0.25, -0.2) is 0 Å². The molecule has 1 aromatic carbocycles. The number of nitrogens with one attached hydrogen (secondary N) is 2. The van der Waals surface area contributed by atoms with Gasteiger partial charge in [-0.3, -0.25) is 9.52 Å². The molecular weight excluding hydrogens is 404 g/mol. The predicted octanol–water partition coefficient (Wildman–Crippen LogP) is 3.09. The smallest absolute Gasteiger partial charge is 0.291 e. The van der Waals surface area contributed by atoms with Crippen molar-refractivity contribution < 1.29 is 13.2 Å². The Balaban J connectivity index is 2.19. The van der Waals surface area contributed by atoms with E-state index < -0.39 is 15.4 Å². The van der Waals surface area contributed by atoms with Crippen LogP contribution in [0.15, 0.2) is 33.1 Å². The van der Waals surface area contributed by atoms with Gasteiger partial charge < -0.3 is 5.32 Å². The zero-order valence-electron chi connectivity index (χ0n) is 12.6. The van der Waals surface area contributed by atoms with E-state index in [0.29, 0.717) is 10.2 Å². The fourth-order valence-electron chi connectivity index (χ4n) is 1.39. The molecule has 0 aliphatic heterocycles. The molecule has 0 unspecified atom stereocenters. The van der Waals surface area contributed by atoms with Crippen LogP contribution in [0, 0.1) is 5.41 Å². The fourth-order valence-corrected chi connectivity index (χ4v) is 3.88. The summed E-state index contributed by atoms with van der Waals surface area (Å²) in [6.45, 7) is 5.24. The molecule has 0 radical (unpaired) electrons. The normalized spacial score (nSPS) is 12.0. The van der Waals surface area contributed by atoms with E-state index in [0.717, 1.165) is 11.3 Å². The Morgan fingerprint density at radius 2 is 1.87 bits per heavy atom. The summed E-state index contributed by atoms with van der Waals surface area (Å²) in [5.74, 6) is -0.267. The number of benzene rings is 1. The van der Waals surface area contributed by atoms with E-state index in [-0.39, 0.29) is 15.4 Å². The van der Waals surface area contributed by atoms with E-state index >= 15 is 0 Å². The molecule has 10 heteroatoms. The monoisotopic (exact) mass is 418 g/mol. The van der Waals surface area contributed by atoms with E-state index in [4.69, 9.17) is 0 Å². The lowest BCUT2D eigenvalue weighted by Gasteiger charge is -2.15. The number of amides is 1. The summed E-state index contributed by atoms with van der Waals surface area (Å²) in [7, 11) is -3.87. The van der Waals surface area contributed by atoms with Crippen molar-refractivity contribution in [1.29, 1.82) is 0 Å². The highest BCUT2D eigenvalue weighted by atomic mass is 79.9. The number of rotatable bonds is 4. The molecule has 1 aromatic heterocycles. The van der Waals surface area contributed by atoms with Crippen molar-refractivity contribution in [1.82, 2.24) is 10.2 Å². The molecule has 2 aromatic rings. The van der Waals surface area contributed by atoms with Crippen molar-refractivity contribution in [2.24, 2.45) is 5.41 Å². The fraction of sp³-hybridized carbons (Fsp3) is 0.308. The minimum atomic E-state index is -3.87. The Hall–Kier alpha value is -1.52. The molecule has 2 rings (SSSR count). The maximum Gasteiger partial charge on any atom is 0.291 e. The Kier molecular flexibility index (Phi) is 5.07. The molecule has 0 spiro atoms. The van der Waals surface area contributed by atoms with Crippen LogP contribution in [0.4, 0.5) is 10.8 Å². The second kappa shape index (κ2) is 6.54. The SMILES string of the molecule is CC(C)(C)C(=O)Nc1nnc(S(=O)(=O)Nc2ccccc2Br)s1. The molecule has 1 heterocycles. The summed E-state index contributed by atoms with van der Waals surface area (Å²) in [4.78, 5) is 11.9. The zero-order chi connectivity index (χ0) is 17.3. The van der Waals surface area contributed by atoms with E-state index in [1.165, 1.54) is 0 Å². The van der Waals surface area contributed by atoms with Gasteiger partial charge in [-0.05, 0) is 28.1 Å². The molecule has 0 atom stereocenters. The second-order valence-corrected chi connectivity index (χ2v) is 9.35. The van der Waals surface area contributed by atoms with Gasteiger partial charge in [-0.15, -0.1) is 10.2 Å². The molecule has 0 saturated heterocycles. The molecule has 0 fully saturated rings. The van der Waals surface area contributed by atoms with Crippen LogP contribution in [-0.4, -0.2) is 24.5 Å². The summed E-state index contributed by atoms with van der Waals surface area (Å²) in [5, 5.41) is 10.0. The lowest BCUT2D eigenvalue weighted by Crippen LogP contribution is -2.27. The number of aromatic nitrogens is 2. The standard InChI is InChI=1S/C13H15BrN4O3S2/c1-13(2,3)10(19)15-11-16-17-12(22-11)23(20,21)18-9-7-5-4-6-8(9)14/h4-7,18H,1-3H3,(H,15,16,19). The highest BCUT2D eigenvalue weighted by Crippen LogP contribution is 2.27. The molecule has 124 valence electrons. The van der Waals surface area contributed by atoms with Crippen LogP contribution in [0.3, 0.4) is 0 Å². The van der Waals surface area contributed by atoms with Crippen molar-refractivity contribution in [3.63, 3.8) is 0 Å². The Bertz CT molecular complexity index is 828. The highest BCUT2D eigenvalue weighted by Gasteiger charge is 2.25. The average Bonchev–Trinajstić information content (AvgIpc) is 2.89. The number of sulfonamides is 1. The summed E-state index contributed by atoms with van der Waals surface area (Å²) >= 11 is 4.05. The van der Waals surface area contributed by atoms with Gasteiger partial charge in [0.05, 0.1) is 5.69 Å². The summed E-state index contributed by atoms with van der Waals surface area (Å²) in [5.41, 5.74) is -0.222. The number of halogens is 1. The van der Waals surface area contributed by atoms with Gasteiger partial charge >= 0.3 is 0 Å². The van der Waals surface area contributed by atoms with E-state index in [9.17, 15) is 13.2 Å².